The van der Waals surface area contributed by atoms with Crippen molar-refractivity contribution in [2.24, 2.45) is 28.6 Å². The number of hydrogen-bond acceptors (Lipinski definition) is 4. The van der Waals surface area contributed by atoms with E-state index in [4.69, 9.17) is 0 Å². The first-order valence-corrected chi connectivity index (χ1v) is 14.6. The molecule has 3 fully saturated rings. The lowest BCUT2D eigenvalue weighted by atomic mass is 9.75. The van der Waals surface area contributed by atoms with Crippen LogP contribution in [0, 0.1) is 28.6 Å². The van der Waals surface area contributed by atoms with Gasteiger partial charge in [-0.05, 0) is 56.3 Å². The third-order valence-electron chi connectivity index (χ3n) is 9.71. The Hall–Kier alpha value is -0.650. The number of nitrogens with zero attached hydrogens (tertiary/aromatic N) is 4. The predicted molar refractivity (Wildman–Crippen MR) is 149 cm³/mol. The third-order valence-corrected chi connectivity index (χ3v) is 9.71. The van der Waals surface area contributed by atoms with E-state index in [1.807, 2.05) is 0 Å². The summed E-state index contributed by atoms with van der Waals surface area (Å²) < 4.78 is 0. The van der Waals surface area contributed by atoms with Gasteiger partial charge in [0.25, 0.3) is 0 Å². The van der Waals surface area contributed by atoms with E-state index in [2.05, 4.69) is 88.8 Å². The van der Waals surface area contributed by atoms with E-state index in [0.717, 1.165) is 50.9 Å². The maximum absolute atomic E-state index is 13.5. The van der Waals surface area contributed by atoms with Crippen molar-refractivity contribution >= 4 is 5.91 Å². The van der Waals surface area contributed by atoms with Crippen molar-refractivity contribution in [3.63, 3.8) is 0 Å². The van der Waals surface area contributed by atoms with Gasteiger partial charge in [0.05, 0.1) is 0 Å². The molecule has 0 aromatic rings. The number of likely N-dealkylation sites (tertiary alicyclic amines) is 2. The fraction of sp³-hybridized carbons (Fsp3) is 0.967. The summed E-state index contributed by atoms with van der Waals surface area (Å²) in [5.74, 6) is 2.71. The molecule has 1 unspecified atom stereocenters. The summed E-state index contributed by atoms with van der Waals surface area (Å²) in [6, 6.07) is 0.641. The molecule has 0 aromatic heterocycles. The lowest BCUT2D eigenvalue weighted by Gasteiger charge is -2.54. The molecule has 3 aliphatic rings. The van der Waals surface area contributed by atoms with Crippen LogP contribution >= 0.6 is 0 Å². The van der Waals surface area contributed by atoms with Gasteiger partial charge in [0.1, 0.15) is 0 Å². The highest BCUT2D eigenvalue weighted by atomic mass is 16.2. The number of carbonyl (C=O) groups excluding carboxylic acids is 1. The topological polar surface area (TPSA) is 30.0 Å². The maximum Gasteiger partial charge on any atom is 0.228 e. The first-order valence-electron chi connectivity index (χ1n) is 14.6. The molecule has 0 saturated carbocycles. The standard InChI is InChI=1S/C30H58N4O/c1-11-26(23(2)3)32-14-16-33(17-15-32)27(35)29(7,8)12-13-30(9,10)34-19-24(20-34)18-31-21-25(22-31)28(4,5)6/h23-26H,11-22H2,1-10H3. The second-order valence-corrected chi connectivity index (χ2v) is 14.8. The minimum atomic E-state index is -0.286. The second kappa shape index (κ2) is 11.0. The Morgan fingerprint density at radius 1 is 0.857 bits per heavy atom. The monoisotopic (exact) mass is 490 g/mol. The molecule has 3 saturated heterocycles. The van der Waals surface area contributed by atoms with E-state index in [0.29, 0.717) is 23.3 Å². The fourth-order valence-electron chi connectivity index (χ4n) is 6.53. The van der Waals surface area contributed by atoms with Crippen molar-refractivity contribution in [2.45, 2.75) is 100 Å². The molecule has 0 radical (unpaired) electrons. The van der Waals surface area contributed by atoms with Gasteiger partial charge in [-0.15, -0.1) is 0 Å². The van der Waals surface area contributed by atoms with Gasteiger partial charge in [0.2, 0.25) is 5.91 Å². The van der Waals surface area contributed by atoms with Crippen LogP contribution in [0.5, 0.6) is 0 Å². The highest BCUT2D eigenvalue weighted by Crippen LogP contribution is 2.37. The van der Waals surface area contributed by atoms with Crippen LogP contribution in [0.25, 0.3) is 0 Å². The fourth-order valence-corrected chi connectivity index (χ4v) is 6.53. The molecular formula is C30H58N4O. The van der Waals surface area contributed by atoms with Gasteiger partial charge in [-0.2, -0.15) is 0 Å². The summed E-state index contributed by atoms with van der Waals surface area (Å²) >= 11 is 0. The van der Waals surface area contributed by atoms with Crippen molar-refractivity contribution in [3.05, 3.63) is 0 Å². The molecular weight excluding hydrogens is 432 g/mol. The quantitative estimate of drug-likeness (QED) is 0.428. The van der Waals surface area contributed by atoms with Gasteiger partial charge in [-0.25, -0.2) is 0 Å². The first-order chi connectivity index (χ1) is 16.1. The van der Waals surface area contributed by atoms with Gasteiger partial charge in [0, 0.05) is 75.9 Å². The third kappa shape index (κ3) is 7.02. The molecule has 0 aliphatic carbocycles. The zero-order valence-electron chi connectivity index (χ0n) is 25.0. The Kier molecular flexibility index (Phi) is 9.08. The van der Waals surface area contributed by atoms with Crippen LogP contribution in [0.3, 0.4) is 0 Å². The van der Waals surface area contributed by atoms with Crippen molar-refractivity contribution in [3.8, 4) is 0 Å². The van der Waals surface area contributed by atoms with Crippen LogP contribution in [0.4, 0.5) is 0 Å². The van der Waals surface area contributed by atoms with Crippen molar-refractivity contribution in [2.75, 3.05) is 58.9 Å². The van der Waals surface area contributed by atoms with Gasteiger partial charge < -0.3 is 9.80 Å². The van der Waals surface area contributed by atoms with Crippen molar-refractivity contribution < 1.29 is 4.79 Å². The van der Waals surface area contributed by atoms with Crippen molar-refractivity contribution in [1.82, 2.24) is 19.6 Å². The highest BCUT2D eigenvalue weighted by Gasteiger charge is 2.43. The summed E-state index contributed by atoms with van der Waals surface area (Å²) in [6.45, 7) is 33.3. The molecule has 204 valence electrons. The van der Waals surface area contributed by atoms with Crippen LogP contribution < -0.4 is 0 Å². The molecule has 0 aromatic carbocycles. The van der Waals surface area contributed by atoms with Crippen LogP contribution in [0.1, 0.15) is 88.5 Å². The number of carbonyl (C=O) groups is 1. The zero-order chi connectivity index (χ0) is 26.2. The number of amides is 1. The summed E-state index contributed by atoms with van der Waals surface area (Å²) in [5.41, 5.74) is 0.334. The van der Waals surface area contributed by atoms with Gasteiger partial charge in [-0.3, -0.25) is 14.6 Å². The van der Waals surface area contributed by atoms with Gasteiger partial charge in [-0.1, -0.05) is 55.4 Å². The largest absolute Gasteiger partial charge is 0.340 e. The first kappa shape index (κ1) is 28.9. The van der Waals surface area contributed by atoms with E-state index in [-0.39, 0.29) is 11.0 Å². The Morgan fingerprint density at radius 3 is 1.91 bits per heavy atom. The molecule has 0 spiro atoms. The summed E-state index contributed by atoms with van der Waals surface area (Å²) in [5, 5.41) is 0. The Labute approximate surface area is 218 Å². The lowest BCUT2D eigenvalue weighted by molar-refractivity contribution is -0.143. The Morgan fingerprint density at radius 2 is 1.43 bits per heavy atom. The number of rotatable bonds is 10. The van der Waals surface area contributed by atoms with Gasteiger partial charge in [0.15, 0.2) is 0 Å². The Bertz CT molecular complexity index is 690. The van der Waals surface area contributed by atoms with Crippen LogP contribution in [0.15, 0.2) is 0 Å². The van der Waals surface area contributed by atoms with E-state index in [1.165, 1.54) is 39.1 Å². The Balaban J connectivity index is 1.39. The minimum absolute atomic E-state index is 0.168. The van der Waals surface area contributed by atoms with Crippen LogP contribution in [-0.4, -0.2) is 96.0 Å². The summed E-state index contributed by atoms with van der Waals surface area (Å²) in [4.78, 5) is 23.5. The average Bonchev–Trinajstić information content (AvgIpc) is 2.69. The van der Waals surface area contributed by atoms with Crippen molar-refractivity contribution in [1.29, 1.82) is 0 Å². The molecule has 5 heteroatoms. The van der Waals surface area contributed by atoms with Crippen LogP contribution in [0.2, 0.25) is 0 Å². The molecule has 0 bridgehead atoms. The maximum atomic E-state index is 13.5. The highest BCUT2D eigenvalue weighted by molar-refractivity contribution is 5.82. The summed E-state index contributed by atoms with van der Waals surface area (Å²) in [7, 11) is 0. The minimum Gasteiger partial charge on any atom is -0.340 e. The number of piperazine rings is 1. The zero-order valence-corrected chi connectivity index (χ0v) is 25.0. The lowest BCUT2D eigenvalue weighted by Crippen LogP contribution is -2.62. The molecule has 1 atom stereocenters. The predicted octanol–water partition coefficient (Wildman–Crippen LogP) is 5.06. The smallest absolute Gasteiger partial charge is 0.228 e. The molecule has 0 N–H and O–H groups in total. The molecule has 35 heavy (non-hydrogen) atoms. The van der Waals surface area contributed by atoms with Crippen LogP contribution in [-0.2, 0) is 4.79 Å². The van der Waals surface area contributed by atoms with E-state index < -0.39 is 0 Å². The normalized spacial score (nSPS) is 23.5. The van der Waals surface area contributed by atoms with E-state index >= 15 is 0 Å². The van der Waals surface area contributed by atoms with E-state index in [9.17, 15) is 4.79 Å². The molecule has 3 aliphatic heterocycles. The van der Waals surface area contributed by atoms with Gasteiger partial charge >= 0.3 is 0 Å². The second-order valence-electron chi connectivity index (χ2n) is 14.8. The SMILES string of the molecule is CCC(C(C)C)N1CCN(C(=O)C(C)(C)CCC(C)(C)N2CC(CN3CC(C(C)(C)C)C3)C2)CC1. The summed E-state index contributed by atoms with van der Waals surface area (Å²) in [6.07, 6.45) is 3.24. The molecule has 5 nitrogen and oxygen atoms in total. The molecule has 1 amide bonds. The van der Waals surface area contributed by atoms with E-state index in [1.54, 1.807) is 0 Å². The molecule has 3 heterocycles. The molecule has 3 rings (SSSR count). The average molecular weight is 491 g/mol. The number of hydrogen-bond donors (Lipinski definition) is 0.